The molecule has 0 aliphatic heterocycles. The Morgan fingerprint density at radius 1 is 0.950 bits per heavy atom. The number of hydrogen-bond donors (Lipinski definition) is 0. The molecular weight excluding hydrogens is 278 g/mol. The molecule has 0 unspecified atom stereocenters. The average molecular weight is 302 g/mol. The van der Waals surface area contributed by atoms with Crippen LogP contribution in [0.4, 0.5) is 8.78 Å². The van der Waals surface area contributed by atoms with E-state index in [1.165, 1.54) is 12.1 Å². The van der Waals surface area contributed by atoms with E-state index >= 15 is 0 Å². The summed E-state index contributed by atoms with van der Waals surface area (Å²) in [5, 5.41) is 0. The van der Waals surface area contributed by atoms with Gasteiger partial charge in [-0.1, -0.05) is 25.3 Å². The summed E-state index contributed by atoms with van der Waals surface area (Å²) in [5.74, 6) is -1.54. The number of halogens is 2. The highest BCUT2D eigenvalue weighted by Crippen LogP contribution is 2.17. The maximum Gasteiger partial charge on any atom is 0.334 e. The summed E-state index contributed by atoms with van der Waals surface area (Å²) >= 11 is 0. The molecule has 0 amide bonds. The number of unbranched alkanes of at least 4 members (excludes halogenated alkanes) is 3. The molecular formula is C15H24F2O2Si. The van der Waals surface area contributed by atoms with Crippen molar-refractivity contribution in [2.75, 3.05) is 14.2 Å². The number of hydrogen-bond acceptors (Lipinski definition) is 2. The van der Waals surface area contributed by atoms with Gasteiger partial charge in [0.2, 0.25) is 0 Å². The van der Waals surface area contributed by atoms with Crippen molar-refractivity contribution in [1.82, 2.24) is 0 Å². The topological polar surface area (TPSA) is 18.5 Å². The van der Waals surface area contributed by atoms with Gasteiger partial charge < -0.3 is 8.85 Å². The smallest absolute Gasteiger partial charge is 0.334 e. The zero-order valence-electron chi connectivity index (χ0n) is 12.5. The van der Waals surface area contributed by atoms with E-state index in [0.29, 0.717) is 0 Å². The first-order valence-electron chi connectivity index (χ1n) is 7.05. The molecule has 0 spiro atoms. The number of benzene rings is 1. The summed E-state index contributed by atoms with van der Waals surface area (Å²) in [7, 11) is 1.49. The molecule has 0 heterocycles. The van der Waals surface area contributed by atoms with E-state index in [9.17, 15) is 8.78 Å². The molecule has 2 nitrogen and oxygen atoms in total. The largest absolute Gasteiger partial charge is 0.398 e. The molecule has 0 N–H and O–H groups in total. The van der Waals surface area contributed by atoms with Gasteiger partial charge in [0.1, 0.15) is 0 Å². The van der Waals surface area contributed by atoms with Crippen molar-refractivity contribution in [1.29, 1.82) is 0 Å². The normalized spacial score (nSPS) is 11.8. The SMILES string of the molecule is CO[Si](C)(CCCCCCc1ccc(F)c(F)c1)OC. The molecule has 0 fully saturated rings. The number of rotatable bonds is 9. The Morgan fingerprint density at radius 2 is 1.60 bits per heavy atom. The van der Waals surface area contributed by atoms with Crippen molar-refractivity contribution in [2.45, 2.75) is 44.7 Å². The van der Waals surface area contributed by atoms with Crippen molar-refractivity contribution < 1.29 is 17.6 Å². The van der Waals surface area contributed by atoms with Gasteiger partial charge in [-0.3, -0.25) is 0 Å². The summed E-state index contributed by atoms with van der Waals surface area (Å²) < 4.78 is 36.6. The third kappa shape index (κ3) is 5.69. The van der Waals surface area contributed by atoms with Crippen LogP contribution in [-0.4, -0.2) is 22.8 Å². The molecule has 0 aromatic heterocycles. The van der Waals surface area contributed by atoms with Crippen molar-refractivity contribution >= 4 is 8.56 Å². The summed E-state index contributed by atoms with van der Waals surface area (Å²) in [4.78, 5) is 0. The Labute approximate surface area is 121 Å². The Kier molecular flexibility index (Phi) is 7.33. The Balaban J connectivity index is 2.17. The molecule has 0 bridgehead atoms. The third-order valence-electron chi connectivity index (χ3n) is 3.69. The molecule has 5 heteroatoms. The van der Waals surface area contributed by atoms with Crippen molar-refractivity contribution in [2.24, 2.45) is 0 Å². The monoisotopic (exact) mass is 302 g/mol. The Hall–Kier alpha value is -0.783. The van der Waals surface area contributed by atoms with E-state index in [0.717, 1.165) is 43.7 Å². The zero-order valence-corrected chi connectivity index (χ0v) is 13.5. The molecule has 0 saturated carbocycles. The van der Waals surface area contributed by atoms with Gasteiger partial charge in [-0.25, -0.2) is 8.78 Å². The van der Waals surface area contributed by atoms with Crippen LogP contribution in [0, 0.1) is 11.6 Å². The van der Waals surface area contributed by atoms with E-state index < -0.39 is 20.2 Å². The molecule has 0 aliphatic carbocycles. The quantitative estimate of drug-likeness (QED) is 0.496. The zero-order chi connectivity index (χ0) is 15.0. The van der Waals surface area contributed by atoms with Gasteiger partial charge in [0, 0.05) is 14.2 Å². The Bertz CT molecular complexity index is 409. The molecule has 0 aliphatic rings. The highest BCUT2D eigenvalue weighted by Gasteiger charge is 2.27. The summed E-state index contributed by atoms with van der Waals surface area (Å²) in [5.41, 5.74) is 0.858. The van der Waals surface area contributed by atoms with Crippen LogP contribution in [0.15, 0.2) is 18.2 Å². The predicted molar refractivity (Wildman–Crippen MR) is 79.0 cm³/mol. The van der Waals surface area contributed by atoms with E-state index in [4.69, 9.17) is 8.85 Å². The second kappa shape index (κ2) is 8.49. The maximum absolute atomic E-state index is 13.0. The van der Waals surface area contributed by atoms with E-state index in [1.54, 1.807) is 20.3 Å². The van der Waals surface area contributed by atoms with Crippen LogP contribution in [0.2, 0.25) is 12.6 Å². The second-order valence-corrected chi connectivity index (χ2v) is 8.79. The summed E-state index contributed by atoms with van der Waals surface area (Å²) in [6.07, 6.45) is 5.06. The minimum absolute atomic E-state index is 0.760. The van der Waals surface area contributed by atoms with Gasteiger partial charge in [-0.2, -0.15) is 0 Å². The van der Waals surface area contributed by atoms with Crippen molar-refractivity contribution in [3.05, 3.63) is 35.4 Å². The first-order chi connectivity index (χ1) is 9.50. The molecule has 20 heavy (non-hydrogen) atoms. The minimum atomic E-state index is -1.93. The highest BCUT2D eigenvalue weighted by molar-refractivity contribution is 6.65. The van der Waals surface area contributed by atoms with Gasteiger partial charge in [0.15, 0.2) is 11.6 Å². The van der Waals surface area contributed by atoms with E-state index in [-0.39, 0.29) is 0 Å². The maximum atomic E-state index is 13.0. The predicted octanol–water partition coefficient (Wildman–Crippen LogP) is 4.43. The van der Waals surface area contributed by atoms with Crippen molar-refractivity contribution in [3.63, 3.8) is 0 Å². The van der Waals surface area contributed by atoms with Gasteiger partial charge in [0.25, 0.3) is 0 Å². The molecule has 1 aromatic rings. The van der Waals surface area contributed by atoms with Crippen LogP contribution < -0.4 is 0 Å². The Morgan fingerprint density at radius 3 is 2.20 bits per heavy atom. The highest BCUT2D eigenvalue weighted by atomic mass is 28.4. The molecule has 114 valence electrons. The standard InChI is InChI=1S/C15H24F2O2Si/c1-18-20(3,19-2)11-7-5-4-6-8-13-9-10-14(16)15(17)12-13/h9-10,12H,4-8,11H2,1-3H3. The van der Waals surface area contributed by atoms with Crippen LogP contribution >= 0.6 is 0 Å². The molecule has 0 radical (unpaired) electrons. The van der Waals surface area contributed by atoms with Gasteiger partial charge in [-0.15, -0.1) is 0 Å². The van der Waals surface area contributed by atoms with Crippen LogP contribution in [0.1, 0.15) is 31.2 Å². The lowest BCUT2D eigenvalue weighted by atomic mass is 10.1. The van der Waals surface area contributed by atoms with Crippen LogP contribution in [0.5, 0.6) is 0 Å². The second-order valence-electron chi connectivity index (χ2n) is 5.20. The molecule has 0 atom stereocenters. The number of aryl methyl sites for hydroxylation is 1. The van der Waals surface area contributed by atoms with Crippen LogP contribution in [0.3, 0.4) is 0 Å². The van der Waals surface area contributed by atoms with E-state index in [2.05, 4.69) is 6.55 Å². The average Bonchev–Trinajstić information content (AvgIpc) is 2.46. The first-order valence-corrected chi connectivity index (χ1v) is 9.57. The van der Waals surface area contributed by atoms with Crippen LogP contribution in [-0.2, 0) is 15.3 Å². The molecule has 0 saturated heterocycles. The van der Waals surface area contributed by atoms with Gasteiger partial charge in [0.05, 0.1) is 0 Å². The fourth-order valence-electron chi connectivity index (χ4n) is 2.11. The van der Waals surface area contributed by atoms with Crippen molar-refractivity contribution in [3.8, 4) is 0 Å². The first kappa shape index (κ1) is 17.3. The minimum Gasteiger partial charge on any atom is -0.398 e. The van der Waals surface area contributed by atoms with Gasteiger partial charge >= 0.3 is 8.56 Å². The molecule has 1 rings (SSSR count). The van der Waals surface area contributed by atoms with Gasteiger partial charge in [-0.05, 0) is 43.1 Å². The molecule has 1 aromatic carbocycles. The lowest BCUT2D eigenvalue weighted by Crippen LogP contribution is -2.35. The summed E-state index contributed by atoms with van der Waals surface area (Å²) in [6.45, 7) is 2.06. The fraction of sp³-hybridized carbons (Fsp3) is 0.600. The fourth-order valence-corrected chi connectivity index (χ4v) is 3.58. The lowest BCUT2D eigenvalue weighted by Gasteiger charge is -2.22. The lowest BCUT2D eigenvalue weighted by molar-refractivity contribution is 0.248. The third-order valence-corrected chi connectivity index (χ3v) is 6.68. The summed E-state index contributed by atoms with van der Waals surface area (Å²) in [6, 6.07) is 5.12. The van der Waals surface area contributed by atoms with E-state index in [1.807, 2.05) is 0 Å². The van der Waals surface area contributed by atoms with Crippen LogP contribution in [0.25, 0.3) is 0 Å².